The van der Waals surface area contributed by atoms with E-state index in [1.807, 2.05) is 33.0 Å². The fraction of sp³-hybridized carbons (Fsp3) is 1.00. The van der Waals surface area contributed by atoms with Crippen molar-refractivity contribution < 1.29 is 4.84 Å². The summed E-state index contributed by atoms with van der Waals surface area (Å²) in [6.45, 7) is 2.66. The van der Waals surface area contributed by atoms with Crippen LogP contribution in [-0.2, 0) is 4.84 Å². The third-order valence-electron chi connectivity index (χ3n) is 0.289. The van der Waals surface area contributed by atoms with E-state index in [1.54, 1.807) is 7.05 Å². The maximum absolute atomic E-state index is 4.58. The van der Waals surface area contributed by atoms with E-state index in [-0.39, 0.29) is 0 Å². The van der Waals surface area contributed by atoms with Crippen molar-refractivity contribution in [2.75, 3.05) is 34.8 Å². The van der Waals surface area contributed by atoms with Gasteiger partial charge in [-0.3, -0.25) is 0 Å². The highest BCUT2D eigenvalue weighted by Gasteiger charge is 1.61. The molecule has 1 N–H and O–H groups in total. The molecule has 3 nitrogen and oxygen atoms in total. The Morgan fingerprint density at radius 2 is 1.67 bits per heavy atom. The molecule has 0 radical (unpaired) electrons. The van der Waals surface area contributed by atoms with Crippen molar-refractivity contribution in [2.24, 2.45) is 0 Å². The van der Waals surface area contributed by atoms with Gasteiger partial charge in [-0.15, -0.1) is 0 Å². The minimum atomic E-state index is 0.733. The molecule has 0 aromatic rings. The Morgan fingerprint density at radius 1 is 1.33 bits per heavy atom. The van der Waals surface area contributed by atoms with Crippen LogP contribution in [-0.4, -0.2) is 39.7 Å². The van der Waals surface area contributed by atoms with E-state index in [1.165, 1.54) is 0 Å². The molecule has 0 fully saturated rings. The van der Waals surface area contributed by atoms with E-state index in [4.69, 9.17) is 0 Å². The van der Waals surface area contributed by atoms with Crippen LogP contribution in [0.5, 0.6) is 0 Å². The molecule has 0 amide bonds. The molecule has 0 rings (SSSR count). The van der Waals surface area contributed by atoms with Crippen molar-refractivity contribution in [3.05, 3.63) is 0 Å². The van der Waals surface area contributed by atoms with Crippen molar-refractivity contribution in [3.63, 3.8) is 0 Å². The molecule has 58 valence electrons. The normalized spacial score (nSPS) is 8.67. The quantitative estimate of drug-likeness (QED) is 0.551. The second-order valence-corrected chi connectivity index (χ2v) is 1.98. The first-order valence-corrected chi connectivity index (χ1v) is 3.04. The Hall–Kier alpha value is -0.120. The van der Waals surface area contributed by atoms with E-state index >= 15 is 0 Å². The summed E-state index contributed by atoms with van der Waals surface area (Å²) in [7, 11) is 7.74. The van der Waals surface area contributed by atoms with Crippen LogP contribution in [0.2, 0.25) is 0 Å². The van der Waals surface area contributed by atoms with Crippen LogP contribution in [0.25, 0.3) is 0 Å². The summed E-state index contributed by atoms with van der Waals surface area (Å²) in [5.41, 5.74) is 2.52. The lowest BCUT2D eigenvalue weighted by atomic mass is 10.9. The number of hydrogen-bond donors (Lipinski definition) is 1. The van der Waals surface area contributed by atoms with Gasteiger partial charge in [0.2, 0.25) is 0 Å². The molecule has 0 heterocycles. The van der Waals surface area contributed by atoms with Crippen molar-refractivity contribution in [1.82, 2.24) is 10.4 Å². The zero-order valence-electron chi connectivity index (χ0n) is 7.06. The highest BCUT2D eigenvalue weighted by atomic mass is 16.6. The Labute approximate surface area is 57.9 Å². The van der Waals surface area contributed by atoms with E-state index in [0.29, 0.717) is 0 Å². The van der Waals surface area contributed by atoms with Gasteiger partial charge in [0.15, 0.2) is 0 Å². The molecule has 0 atom stereocenters. The van der Waals surface area contributed by atoms with Crippen molar-refractivity contribution in [3.8, 4) is 0 Å². The maximum Gasteiger partial charge on any atom is 0.0653 e. The number of hydroxylamine groups is 1. The average Bonchev–Trinajstić information content (AvgIpc) is 1.66. The SMILES string of the molecule is CCONC.CN(C)C. The average molecular weight is 134 g/mol. The van der Waals surface area contributed by atoms with Gasteiger partial charge in [0.25, 0.3) is 0 Å². The minimum Gasteiger partial charge on any atom is -0.312 e. The lowest BCUT2D eigenvalue weighted by Gasteiger charge is -1.90. The summed E-state index contributed by atoms with van der Waals surface area (Å²) in [5, 5.41) is 0. The van der Waals surface area contributed by atoms with Crippen molar-refractivity contribution >= 4 is 0 Å². The van der Waals surface area contributed by atoms with Crippen LogP contribution in [0, 0.1) is 0 Å². The summed E-state index contributed by atoms with van der Waals surface area (Å²) in [4.78, 5) is 6.58. The van der Waals surface area contributed by atoms with E-state index < -0.39 is 0 Å². The number of rotatable bonds is 2. The highest BCUT2D eigenvalue weighted by molar-refractivity contribution is 4.09. The molecule has 0 aliphatic carbocycles. The van der Waals surface area contributed by atoms with Crippen molar-refractivity contribution in [2.45, 2.75) is 6.92 Å². The van der Waals surface area contributed by atoms with Crippen LogP contribution >= 0.6 is 0 Å². The molecule has 0 saturated carbocycles. The van der Waals surface area contributed by atoms with Gasteiger partial charge < -0.3 is 9.74 Å². The van der Waals surface area contributed by atoms with Crippen LogP contribution in [0.4, 0.5) is 0 Å². The Bertz CT molecular complexity index is 35.3. The first-order valence-electron chi connectivity index (χ1n) is 3.04. The van der Waals surface area contributed by atoms with E-state index in [0.717, 1.165) is 6.61 Å². The molecule has 0 bridgehead atoms. The van der Waals surface area contributed by atoms with Crippen LogP contribution < -0.4 is 5.48 Å². The summed E-state index contributed by atoms with van der Waals surface area (Å²) in [6, 6.07) is 0. The van der Waals surface area contributed by atoms with Gasteiger partial charge in [-0.05, 0) is 28.1 Å². The smallest absolute Gasteiger partial charge is 0.0653 e. The molecular weight excluding hydrogens is 116 g/mol. The van der Waals surface area contributed by atoms with Gasteiger partial charge in [-0.1, -0.05) is 0 Å². The third-order valence-corrected chi connectivity index (χ3v) is 0.289. The fourth-order valence-electron chi connectivity index (χ4n) is 0.144. The molecule has 3 heteroatoms. The molecule has 0 spiro atoms. The molecule has 0 aromatic heterocycles. The molecule has 0 unspecified atom stereocenters. The number of nitrogens with one attached hydrogen (secondary N) is 1. The van der Waals surface area contributed by atoms with Crippen LogP contribution in [0.3, 0.4) is 0 Å². The second-order valence-electron chi connectivity index (χ2n) is 1.98. The Balaban J connectivity index is 0. The number of nitrogens with zero attached hydrogens (tertiary/aromatic N) is 1. The zero-order chi connectivity index (χ0) is 7.70. The molecule has 9 heavy (non-hydrogen) atoms. The lowest BCUT2D eigenvalue weighted by Crippen LogP contribution is -2.05. The van der Waals surface area contributed by atoms with E-state index in [9.17, 15) is 0 Å². The minimum absolute atomic E-state index is 0.733. The highest BCUT2D eigenvalue weighted by Crippen LogP contribution is 1.53. The summed E-state index contributed by atoms with van der Waals surface area (Å²) < 4.78 is 0. The van der Waals surface area contributed by atoms with Gasteiger partial charge >= 0.3 is 0 Å². The van der Waals surface area contributed by atoms with Crippen molar-refractivity contribution in [1.29, 1.82) is 0 Å². The van der Waals surface area contributed by atoms with Gasteiger partial charge in [0, 0.05) is 7.05 Å². The first-order chi connectivity index (χ1) is 4.15. The predicted molar refractivity (Wildman–Crippen MR) is 40.3 cm³/mol. The predicted octanol–water partition coefficient (Wildman–Crippen LogP) is 0.335. The topological polar surface area (TPSA) is 24.5 Å². The van der Waals surface area contributed by atoms with Crippen LogP contribution in [0.1, 0.15) is 6.92 Å². The lowest BCUT2D eigenvalue weighted by molar-refractivity contribution is 0.0687. The molecular formula is C6H18N2O. The van der Waals surface area contributed by atoms with E-state index in [2.05, 4.69) is 10.3 Å². The van der Waals surface area contributed by atoms with Gasteiger partial charge in [-0.25, -0.2) is 5.48 Å². The summed E-state index contributed by atoms with van der Waals surface area (Å²) >= 11 is 0. The standard InChI is InChI=1S/C3H9NO.C3H9N/c1-3-5-4-2;1-4(2)3/h4H,3H2,1-2H3;1-3H3. The number of hydrogen-bond acceptors (Lipinski definition) is 3. The molecule has 0 aromatic carbocycles. The Morgan fingerprint density at radius 3 is 1.67 bits per heavy atom. The van der Waals surface area contributed by atoms with Gasteiger partial charge in [0.05, 0.1) is 6.61 Å². The fourth-order valence-corrected chi connectivity index (χ4v) is 0.144. The monoisotopic (exact) mass is 134 g/mol. The largest absolute Gasteiger partial charge is 0.312 e. The summed E-state index contributed by atoms with van der Waals surface area (Å²) in [6.07, 6.45) is 0. The zero-order valence-corrected chi connectivity index (χ0v) is 7.06. The Kier molecular flexibility index (Phi) is 14.0. The summed E-state index contributed by atoms with van der Waals surface area (Å²) in [5.74, 6) is 0. The molecule has 0 aliphatic heterocycles. The third kappa shape index (κ3) is 77.1. The van der Waals surface area contributed by atoms with Crippen LogP contribution in [0.15, 0.2) is 0 Å². The molecule has 0 aliphatic rings. The first kappa shape index (κ1) is 11.6. The second kappa shape index (κ2) is 10.8. The van der Waals surface area contributed by atoms with Gasteiger partial charge in [-0.2, -0.15) is 0 Å². The van der Waals surface area contributed by atoms with Gasteiger partial charge in [0.1, 0.15) is 0 Å². The maximum atomic E-state index is 4.58. The molecule has 0 saturated heterocycles.